The van der Waals surface area contributed by atoms with Gasteiger partial charge in [0.15, 0.2) is 0 Å². The number of carbonyl (C=O) groups excluding carboxylic acids is 1. The highest BCUT2D eigenvalue weighted by Crippen LogP contribution is 2.34. The van der Waals surface area contributed by atoms with E-state index in [4.69, 9.17) is 9.47 Å². The molecule has 2 aliphatic rings. The summed E-state index contributed by atoms with van der Waals surface area (Å²) < 4.78 is 13.1. The van der Waals surface area contributed by atoms with Crippen molar-refractivity contribution in [3.05, 3.63) is 29.8 Å². The molecule has 0 saturated carbocycles. The molecule has 0 bridgehead atoms. The zero-order valence-corrected chi connectivity index (χ0v) is 15.6. The second-order valence-electron chi connectivity index (χ2n) is 5.82. The maximum atomic E-state index is 12.2. The third-order valence-corrected chi connectivity index (χ3v) is 6.60. The average molecular weight is 369 g/mol. The molecule has 1 aromatic carbocycles. The number of rotatable bonds is 6. The van der Waals surface area contributed by atoms with E-state index in [2.05, 4.69) is 16.1 Å². The van der Waals surface area contributed by atoms with Crippen molar-refractivity contribution in [2.45, 2.75) is 17.2 Å². The van der Waals surface area contributed by atoms with Crippen LogP contribution >= 0.6 is 23.7 Å². The first kappa shape index (κ1) is 18.1. The van der Waals surface area contributed by atoms with Crippen molar-refractivity contribution in [2.24, 2.45) is 0 Å². The van der Waals surface area contributed by atoms with Crippen LogP contribution in [0.5, 0.6) is 0 Å². The fraction of sp³-hybridized carbons (Fsp3) is 0.588. The lowest BCUT2D eigenvalue weighted by atomic mass is 10.2. The highest BCUT2D eigenvalue weighted by atomic mass is 32.2. The van der Waals surface area contributed by atoms with Gasteiger partial charge in [0.25, 0.3) is 0 Å². The molecular formula is C17H24N2O3S2. The second kappa shape index (κ2) is 9.10. The summed E-state index contributed by atoms with van der Waals surface area (Å²) in [7, 11) is 0. The van der Waals surface area contributed by atoms with Crippen LogP contribution in [0.3, 0.4) is 0 Å². The molecule has 3 rings (SSSR count). The Morgan fingerprint density at radius 1 is 1.38 bits per heavy atom. The van der Waals surface area contributed by atoms with Crippen molar-refractivity contribution in [3.63, 3.8) is 0 Å². The Balaban J connectivity index is 1.48. The molecule has 1 unspecified atom stereocenters. The lowest BCUT2D eigenvalue weighted by Gasteiger charge is -2.26. The quantitative estimate of drug-likeness (QED) is 0.565. The minimum absolute atomic E-state index is 0.241. The van der Waals surface area contributed by atoms with E-state index in [9.17, 15) is 4.79 Å². The molecule has 0 N–H and O–H groups in total. The molecule has 132 valence electrons. The van der Waals surface area contributed by atoms with Gasteiger partial charge in [-0.2, -0.15) is 0 Å². The van der Waals surface area contributed by atoms with E-state index in [0.717, 1.165) is 50.0 Å². The van der Waals surface area contributed by atoms with Gasteiger partial charge in [-0.1, -0.05) is 6.07 Å². The smallest absolute Gasteiger partial charge is 0.338 e. The van der Waals surface area contributed by atoms with Crippen LogP contribution in [0.25, 0.3) is 0 Å². The Bertz CT molecular complexity index is 552. The summed E-state index contributed by atoms with van der Waals surface area (Å²) in [6.07, 6.45) is 0. The number of hydrogen-bond donors (Lipinski definition) is 0. The molecule has 0 radical (unpaired) electrons. The summed E-state index contributed by atoms with van der Waals surface area (Å²) in [5.74, 6) is 0.923. The van der Waals surface area contributed by atoms with Gasteiger partial charge in [-0.05, 0) is 37.1 Å². The molecule has 0 spiro atoms. The highest BCUT2D eigenvalue weighted by molar-refractivity contribution is 8.02. The van der Waals surface area contributed by atoms with Crippen molar-refractivity contribution >= 4 is 29.7 Å². The Morgan fingerprint density at radius 3 is 2.96 bits per heavy atom. The van der Waals surface area contributed by atoms with Gasteiger partial charge in [-0.3, -0.25) is 4.90 Å². The third kappa shape index (κ3) is 5.13. The van der Waals surface area contributed by atoms with E-state index in [1.54, 1.807) is 11.9 Å². The Labute approximate surface area is 152 Å². The molecule has 2 heterocycles. The number of thioether (sulfide) groups is 1. The normalized spacial score (nSPS) is 22.6. The Morgan fingerprint density at radius 2 is 2.21 bits per heavy atom. The van der Waals surface area contributed by atoms with Crippen molar-refractivity contribution in [1.82, 2.24) is 9.21 Å². The van der Waals surface area contributed by atoms with Crippen LogP contribution in [0.4, 0.5) is 0 Å². The van der Waals surface area contributed by atoms with Gasteiger partial charge in [0, 0.05) is 36.8 Å². The summed E-state index contributed by atoms with van der Waals surface area (Å²) in [5.41, 5.74) is 0.626. The van der Waals surface area contributed by atoms with Crippen LogP contribution < -0.4 is 0 Å². The molecule has 2 fully saturated rings. The van der Waals surface area contributed by atoms with E-state index < -0.39 is 0 Å². The molecular weight excluding hydrogens is 344 g/mol. The Kier molecular flexibility index (Phi) is 6.85. The Hall–Kier alpha value is -0.730. The minimum Gasteiger partial charge on any atom is -0.461 e. The first-order valence-electron chi connectivity index (χ1n) is 8.36. The van der Waals surface area contributed by atoms with E-state index in [-0.39, 0.29) is 5.97 Å². The largest absolute Gasteiger partial charge is 0.461 e. The molecule has 2 aliphatic heterocycles. The lowest BCUT2D eigenvalue weighted by molar-refractivity contribution is 0.0195. The maximum absolute atomic E-state index is 12.2. The molecule has 1 aromatic rings. The topological polar surface area (TPSA) is 42.0 Å². The number of benzene rings is 1. The van der Waals surface area contributed by atoms with Crippen LogP contribution in [0.1, 0.15) is 17.3 Å². The highest BCUT2D eigenvalue weighted by Gasteiger charge is 2.22. The SMILES string of the molecule is CC1SCCN1Sc1cccc(C(=O)OCCN2CCOCC2)c1. The average Bonchev–Trinajstić information content (AvgIpc) is 3.01. The molecule has 0 aliphatic carbocycles. The van der Waals surface area contributed by atoms with E-state index in [1.807, 2.05) is 36.0 Å². The van der Waals surface area contributed by atoms with Crippen molar-refractivity contribution in [1.29, 1.82) is 0 Å². The fourth-order valence-electron chi connectivity index (χ4n) is 2.69. The molecule has 0 amide bonds. The van der Waals surface area contributed by atoms with E-state index in [0.29, 0.717) is 17.5 Å². The molecule has 1 atom stereocenters. The van der Waals surface area contributed by atoms with Gasteiger partial charge in [-0.15, -0.1) is 11.8 Å². The van der Waals surface area contributed by atoms with Gasteiger partial charge in [0.05, 0.1) is 24.2 Å². The van der Waals surface area contributed by atoms with E-state index in [1.165, 1.54) is 0 Å². The first-order valence-corrected chi connectivity index (χ1v) is 10.2. The summed E-state index contributed by atoms with van der Waals surface area (Å²) in [6.45, 7) is 7.84. The van der Waals surface area contributed by atoms with Crippen LogP contribution in [0.2, 0.25) is 0 Å². The van der Waals surface area contributed by atoms with Crippen molar-refractivity contribution < 1.29 is 14.3 Å². The molecule has 7 heteroatoms. The first-order chi connectivity index (χ1) is 11.7. The van der Waals surface area contributed by atoms with Gasteiger partial charge in [0.1, 0.15) is 6.61 Å². The van der Waals surface area contributed by atoms with Crippen molar-refractivity contribution in [3.8, 4) is 0 Å². The standard InChI is InChI=1S/C17H24N2O3S2/c1-14-19(8-12-23-14)24-16-4-2-3-15(13-16)17(20)22-11-7-18-5-9-21-10-6-18/h2-4,13-14H,5-12H2,1H3. The monoisotopic (exact) mass is 368 g/mol. The maximum Gasteiger partial charge on any atom is 0.338 e. The predicted octanol–water partition coefficient (Wildman–Crippen LogP) is 2.58. The summed E-state index contributed by atoms with van der Waals surface area (Å²) in [5, 5.41) is 0.513. The van der Waals surface area contributed by atoms with Gasteiger partial charge >= 0.3 is 5.97 Å². The number of hydrogen-bond acceptors (Lipinski definition) is 7. The van der Waals surface area contributed by atoms with Crippen LogP contribution in [0.15, 0.2) is 29.2 Å². The number of carbonyl (C=O) groups is 1. The molecule has 0 aromatic heterocycles. The van der Waals surface area contributed by atoms with Crippen LogP contribution in [-0.2, 0) is 9.47 Å². The third-order valence-electron chi connectivity index (χ3n) is 4.11. The number of morpholine rings is 1. The van der Waals surface area contributed by atoms with Gasteiger partial charge in [-0.25, -0.2) is 9.10 Å². The zero-order valence-electron chi connectivity index (χ0n) is 14.0. The minimum atomic E-state index is -0.241. The molecule has 5 nitrogen and oxygen atoms in total. The van der Waals surface area contributed by atoms with E-state index >= 15 is 0 Å². The molecule has 24 heavy (non-hydrogen) atoms. The lowest BCUT2D eigenvalue weighted by Crippen LogP contribution is -2.38. The summed E-state index contributed by atoms with van der Waals surface area (Å²) >= 11 is 3.68. The summed E-state index contributed by atoms with van der Waals surface area (Å²) in [4.78, 5) is 15.6. The van der Waals surface area contributed by atoms with Crippen molar-refractivity contribution in [2.75, 3.05) is 51.8 Å². The number of esters is 1. The zero-order chi connectivity index (χ0) is 16.8. The number of nitrogens with zero attached hydrogens (tertiary/aromatic N) is 2. The second-order valence-corrected chi connectivity index (χ2v) is 8.37. The predicted molar refractivity (Wildman–Crippen MR) is 98.5 cm³/mol. The number of ether oxygens (including phenoxy) is 2. The van der Waals surface area contributed by atoms with Crippen LogP contribution in [-0.4, -0.2) is 72.3 Å². The summed E-state index contributed by atoms with van der Waals surface area (Å²) in [6, 6.07) is 7.72. The van der Waals surface area contributed by atoms with Crippen LogP contribution in [0, 0.1) is 0 Å². The van der Waals surface area contributed by atoms with Gasteiger partial charge < -0.3 is 9.47 Å². The molecule has 2 saturated heterocycles. The fourth-order valence-corrected chi connectivity index (χ4v) is 4.95. The van der Waals surface area contributed by atoms with Gasteiger partial charge in [0.2, 0.25) is 0 Å².